The van der Waals surface area contributed by atoms with E-state index >= 15 is 0 Å². The number of rotatable bonds is 2. The first-order valence-electron chi connectivity index (χ1n) is 6.26. The highest BCUT2D eigenvalue weighted by molar-refractivity contribution is 7.99. The Hall–Kier alpha value is -1.53. The van der Waals surface area contributed by atoms with Gasteiger partial charge in [-0.05, 0) is 51.1 Å². The van der Waals surface area contributed by atoms with Gasteiger partial charge in [-0.2, -0.15) is 0 Å². The largest absolute Gasteiger partial charge is 0.231 e. The highest BCUT2D eigenvalue weighted by atomic mass is 32.2. The van der Waals surface area contributed by atoms with E-state index in [1.54, 1.807) is 17.5 Å². The minimum absolute atomic E-state index is 0.729. The van der Waals surface area contributed by atoms with Crippen LogP contribution in [0.3, 0.4) is 0 Å². The highest BCUT2D eigenvalue weighted by Crippen LogP contribution is 2.36. The van der Waals surface area contributed by atoms with Crippen LogP contribution < -0.4 is 0 Å². The van der Waals surface area contributed by atoms with Gasteiger partial charge in [-0.3, -0.25) is 0 Å². The van der Waals surface area contributed by atoms with E-state index in [4.69, 9.17) is 0 Å². The van der Waals surface area contributed by atoms with E-state index in [0.717, 1.165) is 31.9 Å². The average Bonchev–Trinajstić information content (AvgIpc) is 2.64. The smallest absolute Gasteiger partial charge is 0.194 e. The van der Waals surface area contributed by atoms with E-state index in [1.807, 2.05) is 19.9 Å². The first kappa shape index (κ1) is 13.5. The summed E-state index contributed by atoms with van der Waals surface area (Å²) in [6.07, 6.45) is 1.78. The maximum absolute atomic E-state index is 4.58. The molecule has 0 aromatic carbocycles. The lowest BCUT2D eigenvalue weighted by Crippen LogP contribution is -1.93. The van der Waals surface area contributed by atoms with Gasteiger partial charge in [0.25, 0.3) is 0 Å². The lowest BCUT2D eigenvalue weighted by Gasteiger charge is -2.04. The molecule has 0 amide bonds. The van der Waals surface area contributed by atoms with E-state index in [0.29, 0.717) is 0 Å². The number of aryl methyl sites for hydroxylation is 4. The molecule has 0 N–H and O–H groups in total. The quantitative estimate of drug-likeness (QED) is 0.531. The molecule has 102 valence electrons. The minimum atomic E-state index is 0.729. The first-order valence-corrected chi connectivity index (χ1v) is 7.89. The van der Waals surface area contributed by atoms with Gasteiger partial charge in [0, 0.05) is 22.2 Å². The number of aromatic nitrogens is 4. The predicted octanol–water partition coefficient (Wildman–Crippen LogP) is 3.87. The Labute approximate surface area is 125 Å². The van der Waals surface area contributed by atoms with Crippen LogP contribution in [0.5, 0.6) is 0 Å². The van der Waals surface area contributed by atoms with Gasteiger partial charge in [-0.25, -0.2) is 19.9 Å². The monoisotopic (exact) mass is 302 g/mol. The zero-order chi connectivity index (χ0) is 14.3. The van der Waals surface area contributed by atoms with Crippen molar-refractivity contribution < 1.29 is 0 Å². The van der Waals surface area contributed by atoms with Crippen molar-refractivity contribution in [3.8, 4) is 0 Å². The van der Waals surface area contributed by atoms with Crippen LogP contribution in [0.15, 0.2) is 22.4 Å². The van der Waals surface area contributed by atoms with Gasteiger partial charge in [-0.15, -0.1) is 11.3 Å². The van der Waals surface area contributed by atoms with Gasteiger partial charge in [0.15, 0.2) is 5.16 Å². The minimum Gasteiger partial charge on any atom is -0.231 e. The fourth-order valence-corrected chi connectivity index (χ4v) is 4.09. The van der Waals surface area contributed by atoms with Crippen molar-refractivity contribution in [2.75, 3.05) is 0 Å². The maximum Gasteiger partial charge on any atom is 0.194 e. The molecular formula is C14H14N4S2. The van der Waals surface area contributed by atoms with Gasteiger partial charge in [0.2, 0.25) is 0 Å². The first-order chi connectivity index (χ1) is 9.54. The second-order valence-electron chi connectivity index (χ2n) is 4.62. The van der Waals surface area contributed by atoms with Crippen LogP contribution in [0.4, 0.5) is 0 Å². The topological polar surface area (TPSA) is 51.6 Å². The molecule has 3 aromatic heterocycles. The summed E-state index contributed by atoms with van der Waals surface area (Å²) < 4.78 is 0. The summed E-state index contributed by atoms with van der Waals surface area (Å²) in [5.41, 5.74) is 2.21. The molecule has 0 bridgehead atoms. The third kappa shape index (κ3) is 2.41. The Morgan fingerprint density at radius 2 is 1.85 bits per heavy atom. The molecule has 3 aromatic rings. The van der Waals surface area contributed by atoms with Crippen molar-refractivity contribution in [2.45, 2.75) is 37.9 Å². The van der Waals surface area contributed by atoms with Crippen LogP contribution in [0.2, 0.25) is 0 Å². The molecular weight excluding hydrogens is 288 g/mol. The molecule has 3 rings (SSSR count). The summed E-state index contributed by atoms with van der Waals surface area (Å²) in [5, 5.41) is 2.81. The van der Waals surface area contributed by atoms with E-state index in [2.05, 4.69) is 33.8 Å². The van der Waals surface area contributed by atoms with Crippen molar-refractivity contribution >= 4 is 33.3 Å². The number of thiophene rings is 1. The summed E-state index contributed by atoms with van der Waals surface area (Å²) in [7, 11) is 0. The summed E-state index contributed by atoms with van der Waals surface area (Å²) in [5.74, 6) is 0.786. The number of hydrogen-bond acceptors (Lipinski definition) is 6. The predicted molar refractivity (Wildman–Crippen MR) is 82.5 cm³/mol. The van der Waals surface area contributed by atoms with Crippen LogP contribution in [0, 0.1) is 27.7 Å². The second-order valence-corrected chi connectivity index (χ2v) is 6.78. The molecule has 20 heavy (non-hydrogen) atoms. The van der Waals surface area contributed by atoms with Crippen LogP contribution >= 0.6 is 23.1 Å². The van der Waals surface area contributed by atoms with Gasteiger partial charge < -0.3 is 0 Å². The van der Waals surface area contributed by atoms with Crippen LogP contribution in [0.25, 0.3) is 10.2 Å². The summed E-state index contributed by atoms with van der Waals surface area (Å²) in [6.45, 7) is 8.13. The zero-order valence-electron chi connectivity index (χ0n) is 11.8. The van der Waals surface area contributed by atoms with Crippen molar-refractivity contribution in [3.05, 3.63) is 34.2 Å². The van der Waals surface area contributed by atoms with Gasteiger partial charge >= 0.3 is 0 Å². The fourth-order valence-electron chi connectivity index (χ4n) is 1.95. The van der Waals surface area contributed by atoms with Crippen molar-refractivity contribution in [3.63, 3.8) is 0 Å². The fraction of sp³-hybridized carbons (Fsp3) is 0.286. The third-order valence-corrected chi connectivity index (χ3v) is 5.04. The number of fused-ring (bicyclic) bond motifs is 1. The van der Waals surface area contributed by atoms with E-state index in [9.17, 15) is 0 Å². The van der Waals surface area contributed by atoms with E-state index in [1.165, 1.54) is 22.2 Å². The Balaban J connectivity index is 2.15. The molecule has 0 atom stereocenters. The standard InChI is InChI=1S/C14H14N4S2/c1-7-5-6-15-14(16-7)20-13-11-8(2)9(3)19-12(11)17-10(4)18-13/h5-6H,1-4H3. The molecule has 0 saturated carbocycles. The van der Waals surface area contributed by atoms with E-state index < -0.39 is 0 Å². The lowest BCUT2D eigenvalue weighted by molar-refractivity contribution is 0.924. The van der Waals surface area contributed by atoms with Crippen molar-refractivity contribution in [2.24, 2.45) is 0 Å². The second kappa shape index (κ2) is 5.10. The van der Waals surface area contributed by atoms with Gasteiger partial charge in [0.05, 0.1) is 0 Å². The van der Waals surface area contributed by atoms with E-state index in [-0.39, 0.29) is 0 Å². The zero-order valence-corrected chi connectivity index (χ0v) is 13.4. The van der Waals surface area contributed by atoms with Crippen LogP contribution in [-0.4, -0.2) is 19.9 Å². The summed E-state index contributed by atoms with van der Waals surface area (Å²) in [4.78, 5) is 20.2. The molecule has 0 aliphatic rings. The molecule has 0 fully saturated rings. The highest BCUT2D eigenvalue weighted by Gasteiger charge is 2.15. The maximum atomic E-state index is 4.58. The Morgan fingerprint density at radius 3 is 2.60 bits per heavy atom. The molecule has 0 unspecified atom stereocenters. The lowest BCUT2D eigenvalue weighted by atomic mass is 10.2. The molecule has 4 nitrogen and oxygen atoms in total. The Kier molecular flexibility index (Phi) is 3.43. The van der Waals surface area contributed by atoms with Gasteiger partial charge in [0.1, 0.15) is 15.7 Å². The average molecular weight is 302 g/mol. The number of hydrogen-bond donors (Lipinski definition) is 0. The molecule has 3 heterocycles. The Bertz CT molecular complexity index is 795. The Morgan fingerprint density at radius 1 is 1.05 bits per heavy atom. The third-order valence-electron chi connectivity index (χ3n) is 3.07. The van der Waals surface area contributed by atoms with Crippen LogP contribution in [-0.2, 0) is 0 Å². The van der Waals surface area contributed by atoms with Crippen LogP contribution in [0.1, 0.15) is 22.0 Å². The normalized spacial score (nSPS) is 11.2. The molecule has 0 aliphatic carbocycles. The molecule has 0 radical (unpaired) electrons. The summed E-state index contributed by atoms with van der Waals surface area (Å²) in [6, 6.07) is 1.89. The molecule has 6 heteroatoms. The SMILES string of the molecule is Cc1ccnc(Sc2nc(C)nc3sc(C)c(C)c23)n1. The van der Waals surface area contributed by atoms with Crippen molar-refractivity contribution in [1.29, 1.82) is 0 Å². The number of nitrogens with zero attached hydrogens (tertiary/aromatic N) is 4. The van der Waals surface area contributed by atoms with Crippen molar-refractivity contribution in [1.82, 2.24) is 19.9 Å². The molecule has 0 aliphatic heterocycles. The molecule has 0 spiro atoms. The summed E-state index contributed by atoms with van der Waals surface area (Å²) >= 11 is 3.22. The molecule has 0 saturated heterocycles. The van der Waals surface area contributed by atoms with Gasteiger partial charge in [-0.1, -0.05) is 0 Å².